The lowest BCUT2D eigenvalue weighted by atomic mass is 9.94. The summed E-state index contributed by atoms with van der Waals surface area (Å²) in [4.78, 5) is 5.42. The van der Waals surface area contributed by atoms with E-state index in [2.05, 4.69) is 127 Å². The van der Waals surface area contributed by atoms with Gasteiger partial charge < -0.3 is 13.3 Å². The van der Waals surface area contributed by atoms with E-state index in [0.717, 1.165) is 121 Å². The number of benzene rings is 7. The van der Waals surface area contributed by atoms with Crippen molar-refractivity contribution in [3.05, 3.63) is 145 Å². The average molecular weight is 655 g/mol. The van der Waals surface area contributed by atoms with Gasteiger partial charge in [-0.05, 0) is 55.5 Å². The van der Waals surface area contributed by atoms with Crippen molar-refractivity contribution in [1.29, 1.82) is 0 Å². The molecule has 0 saturated heterocycles. The molecule has 0 radical (unpaired) electrons. The quantitative estimate of drug-likeness (QED) is 0.186. The van der Waals surface area contributed by atoms with Gasteiger partial charge in [-0.3, -0.25) is 4.57 Å². The fourth-order valence-electron chi connectivity index (χ4n) is 8.62. The van der Waals surface area contributed by atoms with Crippen LogP contribution in [-0.4, -0.2) is 9.55 Å². The Labute approximate surface area is 289 Å². The molecule has 51 heavy (non-hydrogen) atoms. The van der Waals surface area contributed by atoms with Crippen molar-refractivity contribution in [2.45, 2.75) is 6.92 Å². The molecule has 12 rings (SSSR count). The highest BCUT2D eigenvalue weighted by molar-refractivity contribution is 6.28. The molecule has 0 aliphatic rings. The molecule has 0 spiro atoms. The monoisotopic (exact) mass is 654 g/mol. The van der Waals surface area contributed by atoms with Crippen molar-refractivity contribution in [3.8, 4) is 16.9 Å². The number of aromatic nitrogens is 2. The topological polar surface area (TPSA) is 57.2 Å². The van der Waals surface area contributed by atoms with Crippen molar-refractivity contribution < 1.29 is 13.3 Å². The number of fused-ring (bicyclic) bond motifs is 15. The molecular weight excluding hydrogens is 629 g/mol. The van der Waals surface area contributed by atoms with E-state index in [1.807, 2.05) is 24.3 Å². The van der Waals surface area contributed by atoms with Crippen LogP contribution < -0.4 is 0 Å². The second-order valence-corrected chi connectivity index (χ2v) is 13.4. The maximum atomic E-state index is 6.80. The van der Waals surface area contributed by atoms with Crippen molar-refractivity contribution in [2.24, 2.45) is 0 Å². The van der Waals surface area contributed by atoms with Gasteiger partial charge in [0.25, 0.3) is 0 Å². The van der Waals surface area contributed by atoms with Crippen LogP contribution in [0.5, 0.6) is 0 Å². The van der Waals surface area contributed by atoms with Crippen LogP contribution in [0.2, 0.25) is 0 Å². The molecule has 0 saturated carbocycles. The summed E-state index contributed by atoms with van der Waals surface area (Å²) >= 11 is 0. The SMILES string of the molecule is Cc1c(-n2c3ccccc3c3c4c(ccc32)oc2ccccc24)nc2ccccc2c1-c1cccc2c1oc1ccc3c4ccccc4oc3c12. The summed E-state index contributed by atoms with van der Waals surface area (Å²) in [5.41, 5.74) is 11.4. The molecule has 0 unspecified atom stereocenters. The first-order valence-electron chi connectivity index (χ1n) is 17.2. The van der Waals surface area contributed by atoms with Gasteiger partial charge in [0.05, 0.1) is 21.9 Å². The van der Waals surface area contributed by atoms with Crippen LogP contribution >= 0.6 is 0 Å². The lowest BCUT2D eigenvalue weighted by Gasteiger charge is -2.17. The number of nitrogens with zero attached hydrogens (tertiary/aromatic N) is 2. The van der Waals surface area contributed by atoms with Crippen LogP contribution in [0.1, 0.15) is 5.56 Å². The Morgan fingerprint density at radius 3 is 1.98 bits per heavy atom. The largest absolute Gasteiger partial charge is 0.456 e. The van der Waals surface area contributed by atoms with Gasteiger partial charge in [0, 0.05) is 59.8 Å². The van der Waals surface area contributed by atoms with Crippen LogP contribution in [-0.2, 0) is 0 Å². The number of para-hydroxylation sites is 5. The van der Waals surface area contributed by atoms with E-state index in [4.69, 9.17) is 18.2 Å². The van der Waals surface area contributed by atoms with Gasteiger partial charge in [-0.1, -0.05) is 91.0 Å². The minimum Gasteiger partial charge on any atom is -0.456 e. The van der Waals surface area contributed by atoms with Crippen molar-refractivity contribution in [2.75, 3.05) is 0 Å². The lowest BCUT2D eigenvalue weighted by Crippen LogP contribution is -2.03. The molecule has 0 atom stereocenters. The van der Waals surface area contributed by atoms with Crippen LogP contribution in [0.25, 0.3) is 115 Å². The maximum absolute atomic E-state index is 6.80. The Morgan fingerprint density at radius 2 is 1.10 bits per heavy atom. The first kappa shape index (κ1) is 27.0. The number of furan rings is 3. The number of rotatable bonds is 2. The third kappa shape index (κ3) is 3.47. The minimum atomic E-state index is 0.805. The van der Waals surface area contributed by atoms with Gasteiger partial charge in [-0.2, -0.15) is 0 Å². The third-order valence-corrected chi connectivity index (χ3v) is 10.8. The molecule has 5 heteroatoms. The Kier molecular flexibility index (Phi) is 5.11. The Morgan fingerprint density at radius 1 is 0.431 bits per heavy atom. The second kappa shape index (κ2) is 9.65. The predicted molar refractivity (Wildman–Crippen MR) is 208 cm³/mol. The fraction of sp³-hybridized carbons (Fsp3) is 0.0217. The summed E-state index contributed by atoms with van der Waals surface area (Å²) in [7, 11) is 0. The summed E-state index contributed by atoms with van der Waals surface area (Å²) in [5, 5.41) is 9.85. The Balaban J connectivity index is 1.20. The first-order valence-corrected chi connectivity index (χ1v) is 17.2. The molecule has 0 aliphatic heterocycles. The molecule has 0 fully saturated rings. The molecule has 7 aromatic carbocycles. The molecule has 0 bridgehead atoms. The van der Waals surface area contributed by atoms with E-state index in [1.165, 1.54) is 0 Å². The average Bonchev–Trinajstić information content (AvgIpc) is 3.93. The van der Waals surface area contributed by atoms with E-state index >= 15 is 0 Å². The number of hydrogen-bond acceptors (Lipinski definition) is 4. The molecular formula is C46H26N2O3. The molecule has 0 aliphatic carbocycles. The fourth-order valence-corrected chi connectivity index (χ4v) is 8.62. The Hall–Kier alpha value is -6.85. The highest BCUT2D eigenvalue weighted by atomic mass is 16.3. The van der Waals surface area contributed by atoms with Crippen LogP contribution in [0.3, 0.4) is 0 Å². The van der Waals surface area contributed by atoms with E-state index in [1.54, 1.807) is 0 Å². The smallest absolute Gasteiger partial charge is 0.147 e. The van der Waals surface area contributed by atoms with Crippen LogP contribution in [0.15, 0.2) is 153 Å². The molecule has 12 aromatic rings. The number of hydrogen-bond donors (Lipinski definition) is 0. The van der Waals surface area contributed by atoms with E-state index in [-0.39, 0.29) is 0 Å². The van der Waals surface area contributed by atoms with Crippen molar-refractivity contribution >= 4 is 98.5 Å². The third-order valence-electron chi connectivity index (χ3n) is 10.8. The normalized spacial score (nSPS) is 12.4. The zero-order valence-electron chi connectivity index (χ0n) is 27.4. The zero-order valence-corrected chi connectivity index (χ0v) is 27.4. The van der Waals surface area contributed by atoms with E-state index in [9.17, 15) is 0 Å². The van der Waals surface area contributed by atoms with Crippen molar-refractivity contribution in [3.63, 3.8) is 0 Å². The summed E-state index contributed by atoms with van der Waals surface area (Å²) < 4.78 is 22.0. The van der Waals surface area contributed by atoms with Gasteiger partial charge in [-0.25, -0.2) is 4.98 Å². The minimum absolute atomic E-state index is 0.805. The molecule has 5 heterocycles. The van der Waals surface area contributed by atoms with Gasteiger partial charge in [-0.15, -0.1) is 0 Å². The highest BCUT2D eigenvalue weighted by Crippen LogP contribution is 2.46. The molecule has 0 N–H and O–H groups in total. The van der Waals surface area contributed by atoms with Gasteiger partial charge in [0.15, 0.2) is 0 Å². The summed E-state index contributed by atoms with van der Waals surface area (Å²) in [6.07, 6.45) is 0. The van der Waals surface area contributed by atoms with E-state index in [0.29, 0.717) is 0 Å². The maximum Gasteiger partial charge on any atom is 0.147 e. The van der Waals surface area contributed by atoms with Gasteiger partial charge in [0.1, 0.15) is 39.3 Å². The summed E-state index contributed by atoms with van der Waals surface area (Å²) in [6, 6.07) is 48.4. The molecule has 238 valence electrons. The Bertz CT molecular complexity index is 3450. The summed E-state index contributed by atoms with van der Waals surface area (Å²) in [5.74, 6) is 0.884. The molecule has 5 aromatic heterocycles. The molecule has 0 amide bonds. The van der Waals surface area contributed by atoms with E-state index < -0.39 is 0 Å². The van der Waals surface area contributed by atoms with Crippen molar-refractivity contribution in [1.82, 2.24) is 9.55 Å². The standard InChI is InChI=1S/C46H26N2O3/c1-25-40(31-15-10-16-32-43-39(51-44(31)32)23-21-27-26-11-4-8-19-36(26)50-45(27)43)28-12-2-6-17-33(28)47-46(25)48-34-18-7-3-13-29(34)41-35(48)22-24-38-42(41)30-14-5-9-20-37(30)49-38/h2-24H,1H3. The van der Waals surface area contributed by atoms with Crippen LogP contribution in [0.4, 0.5) is 0 Å². The molecule has 5 nitrogen and oxygen atoms in total. The highest BCUT2D eigenvalue weighted by Gasteiger charge is 2.25. The summed E-state index contributed by atoms with van der Waals surface area (Å²) in [6.45, 7) is 2.19. The van der Waals surface area contributed by atoms with Crippen LogP contribution in [0, 0.1) is 6.92 Å². The predicted octanol–water partition coefficient (Wildman–Crippen LogP) is 13.0. The zero-order chi connectivity index (χ0) is 33.4. The second-order valence-electron chi connectivity index (χ2n) is 13.4. The van der Waals surface area contributed by atoms with Gasteiger partial charge >= 0.3 is 0 Å². The van der Waals surface area contributed by atoms with Gasteiger partial charge in [0.2, 0.25) is 0 Å². The lowest BCUT2D eigenvalue weighted by molar-refractivity contribution is 0.663. The first-order chi connectivity index (χ1) is 25.2. The number of pyridine rings is 1.